The molecular formula is C11H22ClN3O2S. The van der Waals surface area contributed by atoms with Crippen LogP contribution in [0.3, 0.4) is 0 Å². The Bertz CT molecular complexity index is 279. The predicted octanol–water partition coefficient (Wildman–Crippen LogP) is 0.260. The van der Waals surface area contributed by atoms with Gasteiger partial charge in [0.2, 0.25) is 11.8 Å². The fourth-order valence-corrected chi connectivity index (χ4v) is 2.74. The standard InChI is InChI=1S/C11H21N3O2S.ClH/c12-5-8-3-1-2-4-9(8)14-11(16)7-17-6-10(13)15;/h8-9H,1-7,12H2,(H2,13,15)(H,14,16);1H. The van der Waals surface area contributed by atoms with Gasteiger partial charge in [0.15, 0.2) is 0 Å². The summed E-state index contributed by atoms with van der Waals surface area (Å²) in [5, 5.41) is 3.00. The molecule has 1 fully saturated rings. The molecule has 1 saturated carbocycles. The zero-order valence-corrected chi connectivity index (χ0v) is 12.0. The maximum atomic E-state index is 11.6. The molecule has 0 aliphatic heterocycles. The van der Waals surface area contributed by atoms with Gasteiger partial charge in [-0.2, -0.15) is 0 Å². The van der Waals surface area contributed by atoms with Crippen LogP contribution in [-0.4, -0.2) is 35.9 Å². The molecule has 0 heterocycles. The third kappa shape index (κ3) is 6.47. The first kappa shape index (κ1) is 17.5. The zero-order chi connectivity index (χ0) is 12.7. The molecule has 7 heteroatoms. The Kier molecular flexibility index (Phi) is 9.23. The van der Waals surface area contributed by atoms with E-state index in [4.69, 9.17) is 11.5 Å². The topological polar surface area (TPSA) is 98.2 Å². The average molecular weight is 296 g/mol. The van der Waals surface area contributed by atoms with Gasteiger partial charge in [-0.05, 0) is 25.3 Å². The molecule has 5 N–H and O–H groups in total. The van der Waals surface area contributed by atoms with Crippen LogP contribution >= 0.6 is 24.2 Å². The van der Waals surface area contributed by atoms with Gasteiger partial charge in [-0.1, -0.05) is 12.8 Å². The molecule has 0 bridgehead atoms. The first-order valence-electron chi connectivity index (χ1n) is 5.99. The molecule has 2 amide bonds. The number of primary amides is 1. The van der Waals surface area contributed by atoms with E-state index in [2.05, 4.69) is 5.32 Å². The maximum Gasteiger partial charge on any atom is 0.230 e. The van der Waals surface area contributed by atoms with E-state index >= 15 is 0 Å². The Morgan fingerprint density at radius 1 is 1.22 bits per heavy atom. The third-order valence-corrected chi connectivity index (χ3v) is 3.99. The summed E-state index contributed by atoms with van der Waals surface area (Å²) in [6.07, 6.45) is 4.45. The lowest BCUT2D eigenvalue weighted by molar-refractivity contribution is -0.119. The fraction of sp³-hybridized carbons (Fsp3) is 0.818. The van der Waals surface area contributed by atoms with E-state index in [1.807, 2.05) is 0 Å². The van der Waals surface area contributed by atoms with Gasteiger partial charge in [0, 0.05) is 6.04 Å². The first-order chi connectivity index (χ1) is 8.13. The van der Waals surface area contributed by atoms with Crippen LogP contribution in [0.4, 0.5) is 0 Å². The zero-order valence-electron chi connectivity index (χ0n) is 10.4. The lowest BCUT2D eigenvalue weighted by atomic mass is 9.84. The summed E-state index contributed by atoms with van der Waals surface area (Å²) < 4.78 is 0. The van der Waals surface area contributed by atoms with Gasteiger partial charge < -0.3 is 16.8 Å². The summed E-state index contributed by atoms with van der Waals surface area (Å²) in [5.41, 5.74) is 10.7. The molecule has 106 valence electrons. The van der Waals surface area contributed by atoms with Gasteiger partial charge in [0.25, 0.3) is 0 Å². The first-order valence-corrected chi connectivity index (χ1v) is 7.14. The Morgan fingerprint density at radius 3 is 2.50 bits per heavy atom. The number of thioether (sulfide) groups is 1. The molecular weight excluding hydrogens is 274 g/mol. The molecule has 0 aromatic rings. The SMILES string of the molecule is Cl.NCC1CCCCC1NC(=O)CSCC(N)=O. The monoisotopic (exact) mass is 295 g/mol. The Balaban J connectivity index is 0.00000289. The molecule has 2 atom stereocenters. The van der Waals surface area contributed by atoms with Crippen molar-refractivity contribution in [2.45, 2.75) is 31.7 Å². The van der Waals surface area contributed by atoms with Crippen LogP contribution in [0.25, 0.3) is 0 Å². The quantitative estimate of drug-likeness (QED) is 0.654. The van der Waals surface area contributed by atoms with Crippen molar-refractivity contribution in [1.82, 2.24) is 5.32 Å². The molecule has 0 spiro atoms. The second-order valence-corrected chi connectivity index (χ2v) is 5.40. The second-order valence-electron chi connectivity index (χ2n) is 4.41. The number of hydrogen-bond acceptors (Lipinski definition) is 4. The van der Waals surface area contributed by atoms with E-state index in [1.54, 1.807) is 0 Å². The highest BCUT2D eigenvalue weighted by Gasteiger charge is 2.25. The number of halogens is 1. The van der Waals surface area contributed by atoms with Gasteiger partial charge in [-0.25, -0.2) is 0 Å². The van der Waals surface area contributed by atoms with Crippen molar-refractivity contribution in [3.63, 3.8) is 0 Å². The Morgan fingerprint density at radius 2 is 1.89 bits per heavy atom. The number of carbonyl (C=O) groups is 2. The highest BCUT2D eigenvalue weighted by Crippen LogP contribution is 2.23. The lowest BCUT2D eigenvalue weighted by Gasteiger charge is -2.31. The third-order valence-electron chi connectivity index (χ3n) is 3.04. The minimum atomic E-state index is -0.389. The van der Waals surface area contributed by atoms with E-state index in [1.165, 1.54) is 18.2 Å². The molecule has 5 nitrogen and oxygen atoms in total. The summed E-state index contributed by atoms with van der Waals surface area (Å²) in [6, 6.07) is 0.204. The van der Waals surface area contributed by atoms with E-state index in [-0.39, 0.29) is 41.8 Å². The van der Waals surface area contributed by atoms with Crippen LogP contribution in [0.1, 0.15) is 25.7 Å². The highest BCUT2D eigenvalue weighted by molar-refractivity contribution is 8.00. The lowest BCUT2D eigenvalue weighted by Crippen LogP contribution is -2.45. The molecule has 0 saturated heterocycles. The summed E-state index contributed by atoms with van der Waals surface area (Å²) in [7, 11) is 0. The van der Waals surface area contributed by atoms with Crippen LogP contribution in [0.15, 0.2) is 0 Å². The van der Waals surface area contributed by atoms with E-state index < -0.39 is 0 Å². The van der Waals surface area contributed by atoms with Crippen LogP contribution in [0.2, 0.25) is 0 Å². The number of hydrogen-bond donors (Lipinski definition) is 3. The number of amides is 2. The van der Waals surface area contributed by atoms with Crippen molar-refractivity contribution in [3.05, 3.63) is 0 Å². The average Bonchev–Trinajstić information content (AvgIpc) is 2.29. The molecule has 1 aliphatic carbocycles. The van der Waals surface area contributed by atoms with E-state index in [0.717, 1.165) is 19.3 Å². The second kappa shape index (κ2) is 9.47. The van der Waals surface area contributed by atoms with Crippen LogP contribution < -0.4 is 16.8 Å². The van der Waals surface area contributed by atoms with Crippen molar-refractivity contribution in [1.29, 1.82) is 0 Å². The van der Waals surface area contributed by atoms with E-state index in [9.17, 15) is 9.59 Å². The van der Waals surface area contributed by atoms with Gasteiger partial charge >= 0.3 is 0 Å². The van der Waals surface area contributed by atoms with Crippen molar-refractivity contribution >= 4 is 36.0 Å². The fourth-order valence-electron chi connectivity index (χ4n) is 2.17. The summed E-state index contributed by atoms with van der Waals surface area (Å²) in [6.45, 7) is 0.624. The molecule has 18 heavy (non-hydrogen) atoms. The predicted molar refractivity (Wildman–Crippen MR) is 76.7 cm³/mol. The van der Waals surface area contributed by atoms with Crippen LogP contribution in [0.5, 0.6) is 0 Å². The molecule has 0 radical (unpaired) electrons. The maximum absolute atomic E-state index is 11.6. The molecule has 1 aliphatic rings. The van der Waals surface area contributed by atoms with Gasteiger partial charge in [0.1, 0.15) is 0 Å². The molecule has 1 rings (SSSR count). The summed E-state index contributed by atoms with van der Waals surface area (Å²) >= 11 is 1.25. The minimum absolute atomic E-state index is 0. The van der Waals surface area contributed by atoms with Crippen molar-refractivity contribution in [2.75, 3.05) is 18.1 Å². The van der Waals surface area contributed by atoms with Crippen LogP contribution in [0, 0.1) is 5.92 Å². The Hall–Kier alpha value is -0.460. The molecule has 0 aromatic carbocycles. The van der Waals surface area contributed by atoms with Crippen molar-refractivity contribution in [3.8, 4) is 0 Å². The number of nitrogens with two attached hydrogens (primary N) is 2. The number of rotatable bonds is 6. The van der Waals surface area contributed by atoms with Gasteiger partial charge in [-0.3, -0.25) is 9.59 Å². The van der Waals surface area contributed by atoms with Crippen molar-refractivity contribution in [2.24, 2.45) is 17.4 Å². The van der Waals surface area contributed by atoms with Crippen molar-refractivity contribution < 1.29 is 9.59 Å². The largest absolute Gasteiger partial charge is 0.369 e. The summed E-state index contributed by atoms with van der Waals surface area (Å²) in [4.78, 5) is 22.2. The van der Waals surface area contributed by atoms with Crippen LogP contribution in [-0.2, 0) is 9.59 Å². The summed E-state index contributed by atoms with van der Waals surface area (Å²) in [5.74, 6) is 0.463. The molecule has 0 aromatic heterocycles. The number of nitrogens with one attached hydrogen (secondary N) is 1. The smallest absolute Gasteiger partial charge is 0.230 e. The Labute approximate surface area is 118 Å². The normalized spacial score (nSPS) is 22.9. The number of carbonyl (C=O) groups excluding carboxylic acids is 2. The van der Waals surface area contributed by atoms with E-state index in [0.29, 0.717) is 12.5 Å². The van der Waals surface area contributed by atoms with Gasteiger partial charge in [0.05, 0.1) is 11.5 Å². The highest BCUT2D eigenvalue weighted by atomic mass is 35.5. The van der Waals surface area contributed by atoms with Gasteiger partial charge in [-0.15, -0.1) is 24.2 Å². The minimum Gasteiger partial charge on any atom is -0.369 e. The molecule has 2 unspecified atom stereocenters.